The third kappa shape index (κ3) is 7.56. The highest BCUT2D eigenvalue weighted by Crippen LogP contribution is 2.35. The first-order valence-corrected chi connectivity index (χ1v) is 9.21. The van der Waals surface area contributed by atoms with Crippen molar-refractivity contribution in [2.24, 2.45) is 0 Å². The van der Waals surface area contributed by atoms with Gasteiger partial charge in [-0.05, 0) is 52.3 Å². The molecular formula is C19H17BrF3NO6. The predicted octanol–water partition coefficient (Wildman–Crippen LogP) is 4.28. The van der Waals surface area contributed by atoms with E-state index in [1.54, 1.807) is 12.1 Å². The van der Waals surface area contributed by atoms with Crippen molar-refractivity contribution in [1.82, 2.24) is 0 Å². The first kappa shape index (κ1) is 23.5. The van der Waals surface area contributed by atoms with E-state index in [4.69, 9.17) is 18.6 Å². The van der Waals surface area contributed by atoms with Crippen molar-refractivity contribution in [3.05, 3.63) is 52.4 Å². The third-order valence-corrected chi connectivity index (χ3v) is 3.88. The Bertz CT molecular complexity index is 910. The highest BCUT2D eigenvalue weighted by molar-refractivity contribution is 9.10. The molecule has 7 nitrogen and oxygen atoms in total. The summed E-state index contributed by atoms with van der Waals surface area (Å²) < 4.78 is 59.4. The normalized spacial score (nSPS) is 11.5. The molecule has 11 heteroatoms. The molecule has 0 radical (unpaired) electrons. The maximum Gasteiger partial charge on any atom is 0.416 e. The number of furan rings is 1. The molecule has 0 atom stereocenters. The van der Waals surface area contributed by atoms with Crippen LogP contribution in [0.3, 0.4) is 0 Å². The zero-order chi connectivity index (χ0) is 22.1. The second-order valence-electron chi connectivity index (χ2n) is 5.68. The SMILES string of the molecule is COCCOc1ccc(C(F)(F)F)cc1NC(=O)COC(=O)/C=C/c1ccc(Br)o1. The maximum absolute atomic E-state index is 13.0. The Balaban J connectivity index is 1.99. The number of nitrogens with one attached hydrogen (secondary N) is 1. The average Bonchev–Trinajstić information content (AvgIpc) is 3.10. The predicted molar refractivity (Wildman–Crippen MR) is 104 cm³/mol. The zero-order valence-electron chi connectivity index (χ0n) is 15.6. The van der Waals surface area contributed by atoms with E-state index in [1.165, 1.54) is 13.2 Å². The fraction of sp³-hybridized carbons (Fsp3) is 0.263. The summed E-state index contributed by atoms with van der Waals surface area (Å²) in [6.07, 6.45) is -2.23. The average molecular weight is 492 g/mol. The topological polar surface area (TPSA) is 87.0 Å². The van der Waals surface area contributed by atoms with Crippen LogP contribution in [0.1, 0.15) is 11.3 Å². The van der Waals surface area contributed by atoms with Gasteiger partial charge in [-0.25, -0.2) is 4.79 Å². The van der Waals surface area contributed by atoms with Crippen molar-refractivity contribution in [2.75, 3.05) is 32.2 Å². The van der Waals surface area contributed by atoms with Crippen LogP contribution in [-0.2, 0) is 25.2 Å². The Morgan fingerprint density at radius 1 is 1.20 bits per heavy atom. The van der Waals surface area contributed by atoms with Gasteiger partial charge in [0.2, 0.25) is 0 Å². The van der Waals surface area contributed by atoms with Gasteiger partial charge in [-0.3, -0.25) is 4.79 Å². The lowest BCUT2D eigenvalue weighted by atomic mass is 10.1. The Labute approximate surface area is 177 Å². The molecule has 0 saturated heterocycles. The van der Waals surface area contributed by atoms with E-state index in [0.717, 1.165) is 24.3 Å². The molecule has 0 bridgehead atoms. The monoisotopic (exact) mass is 491 g/mol. The number of methoxy groups -OCH3 is 1. The number of halogens is 4. The van der Waals surface area contributed by atoms with Crippen LogP contribution in [0.2, 0.25) is 0 Å². The van der Waals surface area contributed by atoms with E-state index in [0.29, 0.717) is 10.4 Å². The van der Waals surface area contributed by atoms with Crippen LogP contribution in [0.15, 0.2) is 45.5 Å². The quantitative estimate of drug-likeness (QED) is 0.320. The van der Waals surface area contributed by atoms with Gasteiger partial charge in [0.25, 0.3) is 5.91 Å². The van der Waals surface area contributed by atoms with Crippen molar-refractivity contribution in [1.29, 1.82) is 0 Å². The second-order valence-corrected chi connectivity index (χ2v) is 6.46. The molecule has 0 spiro atoms. The molecule has 30 heavy (non-hydrogen) atoms. The van der Waals surface area contributed by atoms with Crippen LogP contribution in [-0.4, -0.2) is 38.8 Å². The molecule has 1 amide bonds. The zero-order valence-corrected chi connectivity index (χ0v) is 17.2. The summed E-state index contributed by atoms with van der Waals surface area (Å²) in [6, 6.07) is 5.87. The van der Waals surface area contributed by atoms with Gasteiger partial charge in [0.05, 0.1) is 17.9 Å². The Hall–Kier alpha value is -2.79. The number of carbonyl (C=O) groups excluding carboxylic acids is 2. The van der Waals surface area contributed by atoms with Crippen molar-refractivity contribution >= 4 is 39.6 Å². The molecule has 2 aromatic rings. The minimum absolute atomic E-state index is 0.0167. The molecular weight excluding hydrogens is 475 g/mol. The van der Waals surface area contributed by atoms with E-state index in [1.807, 2.05) is 0 Å². The highest BCUT2D eigenvalue weighted by atomic mass is 79.9. The molecule has 0 unspecified atom stereocenters. The molecule has 1 aromatic heterocycles. The highest BCUT2D eigenvalue weighted by Gasteiger charge is 2.31. The molecule has 2 rings (SSSR count). The van der Waals surface area contributed by atoms with E-state index in [2.05, 4.69) is 21.2 Å². The standard InChI is InChI=1S/C19H17BrF3NO6/c1-27-8-9-28-15-5-2-12(19(21,22)23)10-14(15)24-17(25)11-29-18(26)7-4-13-3-6-16(20)30-13/h2-7,10H,8-9,11H2,1H3,(H,24,25)/b7-4+. The van der Waals surface area contributed by atoms with Gasteiger partial charge in [-0.1, -0.05) is 0 Å². The summed E-state index contributed by atoms with van der Waals surface area (Å²) in [5, 5.41) is 2.25. The lowest BCUT2D eigenvalue weighted by molar-refractivity contribution is -0.142. The first-order valence-electron chi connectivity index (χ1n) is 8.42. The largest absolute Gasteiger partial charge is 0.489 e. The van der Waals surface area contributed by atoms with Crippen LogP contribution < -0.4 is 10.1 Å². The summed E-state index contributed by atoms with van der Waals surface area (Å²) in [6.45, 7) is -0.448. The number of ether oxygens (including phenoxy) is 3. The van der Waals surface area contributed by atoms with Gasteiger partial charge in [0.15, 0.2) is 11.3 Å². The van der Waals surface area contributed by atoms with Crippen LogP contribution >= 0.6 is 15.9 Å². The first-order chi connectivity index (χ1) is 14.2. The molecule has 0 aliphatic carbocycles. The fourth-order valence-corrected chi connectivity index (χ4v) is 2.42. The summed E-state index contributed by atoms with van der Waals surface area (Å²) in [4.78, 5) is 23.7. The van der Waals surface area contributed by atoms with Gasteiger partial charge < -0.3 is 23.9 Å². The van der Waals surface area contributed by atoms with Gasteiger partial charge in [-0.15, -0.1) is 0 Å². The number of rotatable bonds is 9. The number of amides is 1. The number of alkyl halides is 3. The second kappa shape index (κ2) is 10.8. The number of carbonyl (C=O) groups is 2. The van der Waals surface area contributed by atoms with Crippen molar-refractivity contribution < 1.29 is 41.4 Å². The van der Waals surface area contributed by atoms with Crippen LogP contribution in [0.5, 0.6) is 5.75 Å². The summed E-state index contributed by atoms with van der Waals surface area (Å²) in [5.41, 5.74) is -1.18. The minimum atomic E-state index is -4.61. The number of hydrogen-bond acceptors (Lipinski definition) is 6. The lowest BCUT2D eigenvalue weighted by Gasteiger charge is -2.15. The van der Waals surface area contributed by atoms with E-state index in [9.17, 15) is 22.8 Å². The molecule has 0 fully saturated rings. The van der Waals surface area contributed by atoms with Crippen molar-refractivity contribution in [2.45, 2.75) is 6.18 Å². The number of benzene rings is 1. The van der Waals surface area contributed by atoms with Gasteiger partial charge in [0, 0.05) is 13.2 Å². The van der Waals surface area contributed by atoms with Gasteiger partial charge in [0.1, 0.15) is 18.1 Å². The molecule has 0 aliphatic rings. The minimum Gasteiger partial charge on any atom is -0.489 e. The van der Waals surface area contributed by atoms with Crippen LogP contribution in [0.25, 0.3) is 6.08 Å². The summed E-state index contributed by atoms with van der Waals surface area (Å²) in [5.74, 6) is -1.28. The molecule has 1 N–H and O–H groups in total. The molecule has 0 saturated carbocycles. The Morgan fingerprint density at radius 3 is 2.60 bits per heavy atom. The van der Waals surface area contributed by atoms with E-state index in [-0.39, 0.29) is 24.7 Å². The van der Waals surface area contributed by atoms with Gasteiger partial charge >= 0.3 is 12.1 Å². The maximum atomic E-state index is 13.0. The summed E-state index contributed by atoms with van der Waals surface area (Å²) >= 11 is 3.11. The van der Waals surface area contributed by atoms with E-state index < -0.39 is 30.2 Å². The third-order valence-electron chi connectivity index (χ3n) is 3.45. The van der Waals surface area contributed by atoms with Crippen LogP contribution in [0.4, 0.5) is 18.9 Å². The molecule has 1 heterocycles. The number of anilines is 1. The molecule has 1 aromatic carbocycles. The Kier molecular flexibility index (Phi) is 8.48. The number of esters is 1. The lowest BCUT2D eigenvalue weighted by Crippen LogP contribution is -2.21. The summed E-state index contributed by atoms with van der Waals surface area (Å²) in [7, 11) is 1.44. The van der Waals surface area contributed by atoms with Gasteiger partial charge in [-0.2, -0.15) is 13.2 Å². The van der Waals surface area contributed by atoms with E-state index >= 15 is 0 Å². The molecule has 0 aliphatic heterocycles. The fourth-order valence-electron chi connectivity index (χ4n) is 2.10. The van der Waals surface area contributed by atoms with Crippen LogP contribution in [0, 0.1) is 0 Å². The number of hydrogen-bond donors (Lipinski definition) is 1. The smallest absolute Gasteiger partial charge is 0.416 e. The van der Waals surface area contributed by atoms with Crippen molar-refractivity contribution in [3.8, 4) is 5.75 Å². The van der Waals surface area contributed by atoms with Crippen molar-refractivity contribution in [3.63, 3.8) is 0 Å². The Morgan fingerprint density at radius 2 is 1.97 bits per heavy atom. The molecule has 162 valence electrons.